The fraction of sp³-hybridized carbons (Fsp3) is 0.308. The lowest BCUT2D eigenvalue weighted by Gasteiger charge is -2.21. The molecule has 7 nitrogen and oxygen atoms in total. The average molecular weight is 491 g/mol. The van der Waals surface area contributed by atoms with Crippen LogP contribution in [0.5, 0.6) is 11.6 Å². The summed E-state index contributed by atoms with van der Waals surface area (Å²) in [5, 5.41) is 12.4. The quantitative estimate of drug-likeness (QED) is 0.377. The van der Waals surface area contributed by atoms with E-state index in [-0.39, 0.29) is 23.0 Å². The minimum atomic E-state index is -3.77. The maximum absolute atomic E-state index is 13.3. The number of amides is 1. The molecule has 1 aliphatic carbocycles. The lowest BCUT2D eigenvalue weighted by Crippen LogP contribution is -2.45. The molecule has 0 saturated heterocycles. The molecule has 0 bridgehead atoms. The summed E-state index contributed by atoms with van der Waals surface area (Å²) >= 11 is 0. The number of carbonyl (C=O) groups excluding carboxylic acids is 1. The highest BCUT2D eigenvalue weighted by atomic mass is 32.2. The number of nitrogens with zero attached hydrogens (tertiary/aromatic N) is 1. The largest absolute Gasteiger partial charge is 0.452 e. The summed E-state index contributed by atoms with van der Waals surface area (Å²) in [4.78, 5) is 17.4. The van der Waals surface area contributed by atoms with E-state index in [4.69, 9.17) is 4.74 Å². The Hall–Kier alpha value is -3.17. The summed E-state index contributed by atoms with van der Waals surface area (Å²) < 4.78 is 32.2. The van der Waals surface area contributed by atoms with Gasteiger partial charge in [-0.15, -0.1) is 0 Å². The van der Waals surface area contributed by atoms with Gasteiger partial charge in [0.05, 0.1) is 16.6 Å². The Bertz CT molecular complexity index is 1200. The van der Waals surface area contributed by atoms with Gasteiger partial charge < -0.3 is 15.1 Å². The summed E-state index contributed by atoms with van der Waals surface area (Å²) in [6, 6.07) is 20.7. The van der Waals surface area contributed by atoms with Crippen LogP contribution in [0.1, 0.15) is 24.8 Å². The highest BCUT2D eigenvalue weighted by molar-refractivity contribution is 7.91. The first-order chi connectivity index (χ1) is 16.9. The van der Waals surface area contributed by atoms with Crippen molar-refractivity contribution < 1.29 is 23.0 Å². The molecule has 35 heavy (non-hydrogen) atoms. The summed E-state index contributed by atoms with van der Waals surface area (Å²) in [6.45, 7) is 0. The molecule has 2 atom stereocenters. The Balaban J connectivity index is 1.48. The Kier molecular flexibility index (Phi) is 8.20. The minimum absolute atomic E-state index is 0.111. The second-order valence-electron chi connectivity index (χ2n) is 8.85. The summed E-state index contributed by atoms with van der Waals surface area (Å²) in [5.41, 5.74) is 0.869. The van der Waals surface area contributed by atoms with Crippen molar-refractivity contribution in [1.29, 1.82) is 0 Å². The molecule has 181 valence electrons. The molecule has 9 heteroatoms. The number of aromatic nitrogens is 1. The molecule has 4 rings (SSSR count). The molecular weight excluding hydrogens is 463 g/mol. The molecule has 1 heterocycles. The molecule has 2 aromatic carbocycles. The SMILES string of the molecule is O=C(N[C@H]([B]O)CC1CC1)[C@H](Cc1ccccc1)CS(=O)(=O)c1ccc(Oc2ccccn2)cc1. The maximum Gasteiger partial charge on any atom is 0.311 e. The Labute approximate surface area is 206 Å². The number of carbonyl (C=O) groups is 1. The first kappa shape index (κ1) is 24.9. The molecule has 1 saturated carbocycles. The van der Waals surface area contributed by atoms with E-state index < -0.39 is 21.7 Å². The predicted molar refractivity (Wildman–Crippen MR) is 134 cm³/mol. The molecule has 0 aliphatic heterocycles. The standard InChI is InChI=1S/C26H28BN2O5S/c30-26(29-24(27-31)17-20-9-10-20)21(16-19-6-2-1-3-7-19)18-35(32,33)23-13-11-22(12-14-23)34-25-8-4-5-15-28-25/h1-8,11-15,20-21,24,31H,9-10,16-18H2,(H,29,30)/t21-,24+/m1/s1. The summed E-state index contributed by atoms with van der Waals surface area (Å²) in [6.07, 6.45) is 4.71. The van der Waals surface area contributed by atoms with Crippen LogP contribution in [0.15, 0.2) is 83.9 Å². The number of rotatable bonds is 12. The number of hydrogen-bond donors (Lipinski definition) is 2. The molecule has 1 aromatic heterocycles. The van der Waals surface area contributed by atoms with Crippen LogP contribution >= 0.6 is 0 Å². The van der Waals surface area contributed by atoms with E-state index in [0.717, 1.165) is 25.9 Å². The fourth-order valence-electron chi connectivity index (χ4n) is 3.90. The van der Waals surface area contributed by atoms with E-state index in [9.17, 15) is 18.2 Å². The van der Waals surface area contributed by atoms with Crippen LogP contribution in [-0.2, 0) is 21.1 Å². The molecular formula is C26H28BN2O5S. The second-order valence-corrected chi connectivity index (χ2v) is 10.9. The average Bonchev–Trinajstić information content (AvgIpc) is 3.69. The molecule has 0 unspecified atom stereocenters. The van der Waals surface area contributed by atoms with Gasteiger partial charge in [0.15, 0.2) is 9.84 Å². The molecule has 1 amide bonds. The predicted octanol–water partition coefficient (Wildman–Crippen LogP) is 3.36. The normalized spacial score (nSPS) is 15.1. The van der Waals surface area contributed by atoms with Crippen LogP contribution in [0.25, 0.3) is 0 Å². The lowest BCUT2D eigenvalue weighted by molar-refractivity contribution is -0.124. The van der Waals surface area contributed by atoms with Gasteiger partial charge in [-0.25, -0.2) is 13.4 Å². The van der Waals surface area contributed by atoms with Gasteiger partial charge in [-0.05, 0) is 54.7 Å². The Morgan fingerprint density at radius 3 is 2.40 bits per heavy atom. The van der Waals surface area contributed by atoms with Crippen molar-refractivity contribution in [2.45, 2.75) is 36.5 Å². The van der Waals surface area contributed by atoms with Gasteiger partial charge in [0, 0.05) is 18.2 Å². The highest BCUT2D eigenvalue weighted by Gasteiger charge is 2.31. The Morgan fingerprint density at radius 2 is 1.77 bits per heavy atom. The van der Waals surface area contributed by atoms with Gasteiger partial charge in [-0.2, -0.15) is 0 Å². The van der Waals surface area contributed by atoms with Crippen molar-refractivity contribution in [3.8, 4) is 11.6 Å². The van der Waals surface area contributed by atoms with E-state index in [1.165, 1.54) is 12.1 Å². The van der Waals surface area contributed by atoms with Gasteiger partial charge in [-0.1, -0.05) is 49.2 Å². The van der Waals surface area contributed by atoms with Crippen LogP contribution in [0.4, 0.5) is 0 Å². The number of sulfone groups is 1. The zero-order valence-corrected chi connectivity index (χ0v) is 20.1. The molecule has 1 fully saturated rings. The van der Waals surface area contributed by atoms with Crippen molar-refractivity contribution in [3.63, 3.8) is 0 Å². The third-order valence-corrected chi connectivity index (χ3v) is 7.78. The lowest BCUT2D eigenvalue weighted by atomic mass is 9.83. The van der Waals surface area contributed by atoms with Crippen LogP contribution in [0.3, 0.4) is 0 Å². The van der Waals surface area contributed by atoms with E-state index >= 15 is 0 Å². The third-order valence-electron chi connectivity index (χ3n) is 5.95. The number of benzene rings is 2. The van der Waals surface area contributed by atoms with E-state index in [1.807, 2.05) is 30.3 Å². The highest BCUT2D eigenvalue weighted by Crippen LogP contribution is 2.33. The monoisotopic (exact) mass is 491 g/mol. The van der Waals surface area contributed by atoms with Crippen LogP contribution in [0, 0.1) is 11.8 Å². The number of hydrogen-bond acceptors (Lipinski definition) is 6. The maximum atomic E-state index is 13.3. The van der Waals surface area contributed by atoms with Gasteiger partial charge >= 0.3 is 7.48 Å². The molecule has 0 spiro atoms. The van der Waals surface area contributed by atoms with Crippen molar-refractivity contribution in [2.24, 2.45) is 11.8 Å². The minimum Gasteiger partial charge on any atom is -0.452 e. The van der Waals surface area contributed by atoms with Crippen LogP contribution in [0.2, 0.25) is 0 Å². The first-order valence-electron chi connectivity index (χ1n) is 11.7. The van der Waals surface area contributed by atoms with E-state index in [2.05, 4.69) is 10.3 Å². The van der Waals surface area contributed by atoms with Gasteiger partial charge in [-0.3, -0.25) is 4.79 Å². The Morgan fingerprint density at radius 1 is 1.06 bits per heavy atom. The molecule has 1 aliphatic rings. The molecule has 1 radical (unpaired) electrons. The van der Waals surface area contributed by atoms with Crippen molar-refractivity contribution in [2.75, 3.05) is 5.75 Å². The number of pyridine rings is 1. The van der Waals surface area contributed by atoms with Gasteiger partial charge in [0.2, 0.25) is 11.8 Å². The number of ether oxygens (including phenoxy) is 1. The first-order valence-corrected chi connectivity index (χ1v) is 13.3. The topological polar surface area (TPSA) is 106 Å². The fourth-order valence-corrected chi connectivity index (χ4v) is 5.44. The zero-order valence-electron chi connectivity index (χ0n) is 19.3. The van der Waals surface area contributed by atoms with Crippen LogP contribution in [-0.4, -0.2) is 43.5 Å². The number of nitrogens with one attached hydrogen (secondary N) is 1. The smallest absolute Gasteiger partial charge is 0.311 e. The molecule has 3 aromatic rings. The molecule has 2 N–H and O–H groups in total. The van der Waals surface area contributed by atoms with Crippen molar-refractivity contribution >= 4 is 23.2 Å². The third kappa shape index (κ3) is 7.41. The van der Waals surface area contributed by atoms with Crippen molar-refractivity contribution in [1.82, 2.24) is 10.3 Å². The second kappa shape index (κ2) is 11.5. The van der Waals surface area contributed by atoms with Crippen molar-refractivity contribution in [3.05, 3.63) is 84.6 Å². The summed E-state index contributed by atoms with van der Waals surface area (Å²) in [7, 11) is -2.78. The van der Waals surface area contributed by atoms with E-state index in [1.54, 1.807) is 36.5 Å². The summed E-state index contributed by atoms with van der Waals surface area (Å²) in [5.74, 6) is -0.676. The van der Waals surface area contributed by atoms with Crippen LogP contribution < -0.4 is 10.1 Å². The zero-order chi connectivity index (χ0) is 24.7. The van der Waals surface area contributed by atoms with Gasteiger partial charge in [0.1, 0.15) is 5.75 Å². The van der Waals surface area contributed by atoms with Gasteiger partial charge in [0.25, 0.3) is 0 Å². The van der Waals surface area contributed by atoms with E-state index in [0.29, 0.717) is 24.0 Å².